The molecule has 0 aliphatic rings. The second-order valence-electron chi connectivity index (χ2n) is 5.41. The highest BCUT2D eigenvalue weighted by atomic mass is 19.4. The maximum atomic E-state index is 11.9. The zero-order valence-corrected chi connectivity index (χ0v) is 15.1. The number of rotatable bonds is 7. The molecule has 0 bridgehead atoms. The summed E-state index contributed by atoms with van der Waals surface area (Å²) in [5, 5.41) is 28.1. The average molecular weight is 418 g/mol. The molecule has 0 radical (unpaired) electrons. The average Bonchev–Trinajstić information content (AvgIpc) is 3.05. The lowest BCUT2D eigenvalue weighted by atomic mass is 10.3. The van der Waals surface area contributed by atoms with E-state index in [0.29, 0.717) is 18.5 Å². The molecule has 0 saturated carbocycles. The Labute approximate surface area is 161 Å². The number of aliphatic carboxylic acids is 2. The van der Waals surface area contributed by atoms with Gasteiger partial charge in [-0.2, -0.15) is 18.3 Å². The number of halogens is 3. The van der Waals surface area contributed by atoms with Crippen molar-refractivity contribution < 1.29 is 42.4 Å². The maximum absolute atomic E-state index is 11.9. The number of alkyl halides is 3. The Hall–Kier alpha value is -3.58. The number of hydrogen-bond donors (Lipinski definition) is 2. The predicted octanol–water partition coefficient (Wildman–Crippen LogP) is -1.76. The van der Waals surface area contributed by atoms with Gasteiger partial charge in [-0.25, -0.2) is 4.98 Å². The number of aromatic nitrogens is 5. The summed E-state index contributed by atoms with van der Waals surface area (Å²) < 4.78 is 34.7. The van der Waals surface area contributed by atoms with Gasteiger partial charge < -0.3 is 20.3 Å². The van der Waals surface area contributed by atoms with Crippen LogP contribution in [-0.4, -0.2) is 55.5 Å². The van der Waals surface area contributed by atoms with Crippen LogP contribution < -0.4 is 15.1 Å². The monoisotopic (exact) mass is 418 g/mol. The van der Waals surface area contributed by atoms with Crippen LogP contribution in [0.5, 0.6) is 0 Å². The minimum atomic E-state index is -5.19. The van der Waals surface area contributed by atoms with E-state index in [4.69, 9.17) is 15.0 Å². The lowest BCUT2D eigenvalue weighted by Crippen LogP contribution is -2.39. The van der Waals surface area contributed by atoms with E-state index in [2.05, 4.69) is 20.5 Å². The van der Waals surface area contributed by atoms with Gasteiger partial charge in [0.2, 0.25) is 0 Å². The molecule has 0 aliphatic carbocycles. The third-order valence-electron chi connectivity index (χ3n) is 3.26. The lowest BCUT2D eigenvalue weighted by Gasteiger charge is -2.04. The predicted molar refractivity (Wildman–Crippen MR) is 84.8 cm³/mol. The minimum absolute atomic E-state index is 0.0130. The Balaban J connectivity index is 0.000000516. The van der Waals surface area contributed by atoms with Crippen molar-refractivity contribution in [3.8, 4) is 0 Å². The van der Waals surface area contributed by atoms with E-state index in [1.807, 2.05) is 0 Å². The summed E-state index contributed by atoms with van der Waals surface area (Å²) in [5.74, 6) is -3.34. The van der Waals surface area contributed by atoms with Crippen molar-refractivity contribution in [3.63, 3.8) is 0 Å². The molecule has 2 rings (SSSR count). The fourth-order valence-electron chi connectivity index (χ4n) is 1.80. The number of carbonyl (C=O) groups excluding carboxylic acids is 2. The van der Waals surface area contributed by atoms with Gasteiger partial charge in [0.1, 0.15) is 30.7 Å². The van der Waals surface area contributed by atoms with Crippen LogP contribution in [0.2, 0.25) is 0 Å². The molecule has 0 aliphatic heterocycles. The number of aryl methyl sites for hydroxylation is 2. The smallest absolute Gasteiger partial charge is 0.430 e. The molecule has 1 amide bonds. The molecule has 14 heteroatoms. The van der Waals surface area contributed by atoms with E-state index in [1.54, 1.807) is 24.0 Å². The molecule has 29 heavy (non-hydrogen) atoms. The van der Waals surface area contributed by atoms with Crippen LogP contribution in [0.1, 0.15) is 22.6 Å². The van der Waals surface area contributed by atoms with Gasteiger partial charge in [-0.05, 0) is 5.10 Å². The van der Waals surface area contributed by atoms with E-state index in [9.17, 15) is 22.8 Å². The molecule has 0 fully saturated rings. The molecular weight excluding hydrogens is 401 g/mol. The summed E-state index contributed by atoms with van der Waals surface area (Å²) in [5.41, 5.74) is 0.421. The zero-order valence-electron chi connectivity index (χ0n) is 15.1. The van der Waals surface area contributed by atoms with Crippen LogP contribution in [-0.2, 0) is 29.6 Å². The van der Waals surface area contributed by atoms with Crippen molar-refractivity contribution in [2.75, 3.05) is 6.54 Å². The Morgan fingerprint density at radius 1 is 1.34 bits per heavy atom. The molecule has 0 spiro atoms. The molecule has 11 nitrogen and oxygen atoms in total. The van der Waals surface area contributed by atoms with Gasteiger partial charge in [0.15, 0.2) is 12.7 Å². The summed E-state index contributed by atoms with van der Waals surface area (Å²) in [4.78, 5) is 35.3. The number of nitrogens with zero attached hydrogens (tertiary/aromatic N) is 5. The summed E-state index contributed by atoms with van der Waals surface area (Å²) in [6.45, 7) is 0.711. The first-order valence-electron chi connectivity index (χ1n) is 7.97. The fourth-order valence-corrected chi connectivity index (χ4v) is 1.80. The van der Waals surface area contributed by atoms with E-state index in [1.165, 1.54) is 17.2 Å². The number of carbonyl (C=O) groups is 3. The van der Waals surface area contributed by atoms with Gasteiger partial charge in [0.05, 0.1) is 5.56 Å². The third kappa shape index (κ3) is 8.77. The van der Waals surface area contributed by atoms with Gasteiger partial charge in [0, 0.05) is 26.1 Å². The molecule has 2 N–H and O–H groups in total. The summed E-state index contributed by atoms with van der Waals surface area (Å²) in [6, 6.07) is 1.60. The maximum Gasteiger partial charge on any atom is 0.430 e. The van der Waals surface area contributed by atoms with Crippen LogP contribution in [0.25, 0.3) is 0 Å². The third-order valence-corrected chi connectivity index (χ3v) is 3.26. The van der Waals surface area contributed by atoms with E-state index < -0.39 is 18.1 Å². The molecule has 2 heterocycles. The molecule has 0 saturated heterocycles. The molecule has 158 valence electrons. The van der Waals surface area contributed by atoms with Crippen molar-refractivity contribution in [2.45, 2.75) is 25.6 Å². The van der Waals surface area contributed by atoms with Crippen molar-refractivity contribution in [1.82, 2.24) is 25.2 Å². The van der Waals surface area contributed by atoms with Crippen LogP contribution >= 0.6 is 0 Å². The highest BCUT2D eigenvalue weighted by Gasteiger charge is 2.28. The van der Waals surface area contributed by atoms with E-state index >= 15 is 0 Å². The largest absolute Gasteiger partial charge is 0.542 e. The Kier molecular flexibility index (Phi) is 8.64. The second kappa shape index (κ2) is 10.7. The number of amides is 1. The summed E-state index contributed by atoms with van der Waals surface area (Å²) >= 11 is 0. The van der Waals surface area contributed by atoms with Crippen LogP contribution in [0.4, 0.5) is 13.2 Å². The first-order chi connectivity index (χ1) is 13.5. The van der Waals surface area contributed by atoms with Gasteiger partial charge in [-0.15, -0.1) is 0 Å². The Morgan fingerprint density at radius 2 is 2.00 bits per heavy atom. The number of hydrogen-bond acceptors (Lipinski definition) is 7. The first-order valence-corrected chi connectivity index (χ1v) is 7.97. The molecular formula is C15H17F3N6O5. The van der Waals surface area contributed by atoms with Gasteiger partial charge in [0.25, 0.3) is 5.91 Å². The van der Waals surface area contributed by atoms with Gasteiger partial charge >= 0.3 is 12.1 Å². The summed E-state index contributed by atoms with van der Waals surface area (Å²) in [7, 11) is 1.79. The van der Waals surface area contributed by atoms with Crippen molar-refractivity contribution in [2.24, 2.45) is 7.05 Å². The quantitative estimate of drug-likeness (QED) is 0.502. The number of nitrogens with one attached hydrogen (secondary N) is 1. The van der Waals surface area contributed by atoms with Crippen molar-refractivity contribution in [1.29, 1.82) is 0 Å². The molecule has 0 atom stereocenters. The normalized spacial score (nSPS) is 10.6. The number of carboxylic acids is 2. The van der Waals surface area contributed by atoms with Crippen LogP contribution in [0.3, 0.4) is 0 Å². The molecule has 0 unspecified atom stereocenters. The fraction of sp³-hybridized carbons (Fsp3) is 0.400. The SMILES string of the molecule is Cn1ncnc1CCNC(=O)c1cc[n+](CCC(=O)O)nc1.O=C([O-])C(F)(F)F. The molecule has 2 aromatic rings. The van der Waals surface area contributed by atoms with Gasteiger partial charge in [-0.3, -0.25) is 14.3 Å². The molecule has 0 aromatic carbocycles. The molecule has 2 aromatic heterocycles. The highest BCUT2D eigenvalue weighted by molar-refractivity contribution is 5.93. The van der Waals surface area contributed by atoms with Crippen LogP contribution in [0, 0.1) is 0 Å². The second-order valence-corrected chi connectivity index (χ2v) is 5.41. The zero-order chi connectivity index (χ0) is 22.0. The summed E-state index contributed by atoms with van der Waals surface area (Å²) in [6.07, 6.45) is -0.157. The van der Waals surface area contributed by atoms with E-state index in [0.717, 1.165) is 5.82 Å². The lowest BCUT2D eigenvalue weighted by molar-refractivity contribution is -0.753. The number of carboxylic acid groups (broad SMARTS) is 2. The van der Waals surface area contributed by atoms with Crippen molar-refractivity contribution >= 4 is 17.8 Å². The standard InChI is InChI=1S/C13H16N6O3.C2HF3O2/c1-18-11(15-9-17-18)2-5-14-13(22)10-3-6-19(16-8-10)7-4-12(20)21;3-2(4,5)1(6)7/h3,6,8-9H,2,4-5,7H2,1H3,(H-,14,20,21,22);(H,6,7). The Bertz CT molecular complexity index is 838. The van der Waals surface area contributed by atoms with E-state index in [-0.39, 0.29) is 18.9 Å². The first kappa shape index (κ1) is 23.5. The highest BCUT2D eigenvalue weighted by Crippen LogP contribution is 2.11. The Morgan fingerprint density at radius 3 is 2.45 bits per heavy atom. The van der Waals surface area contributed by atoms with Crippen molar-refractivity contribution in [3.05, 3.63) is 36.2 Å². The van der Waals surface area contributed by atoms with Gasteiger partial charge in [-0.1, -0.05) is 4.68 Å². The minimum Gasteiger partial charge on any atom is -0.542 e. The van der Waals surface area contributed by atoms with Crippen LogP contribution in [0.15, 0.2) is 24.8 Å². The topological polar surface area (TPSA) is 154 Å².